The molecule has 1 aromatic heterocycles. The van der Waals surface area contributed by atoms with E-state index >= 15 is 0 Å². The summed E-state index contributed by atoms with van der Waals surface area (Å²) < 4.78 is 32.8. The van der Waals surface area contributed by atoms with Gasteiger partial charge in [0.15, 0.2) is 11.6 Å². The van der Waals surface area contributed by atoms with Crippen LogP contribution in [-0.4, -0.2) is 50.1 Å². The van der Waals surface area contributed by atoms with E-state index in [1.54, 1.807) is 18.4 Å². The second-order valence-electron chi connectivity index (χ2n) is 6.82. The van der Waals surface area contributed by atoms with Crippen molar-refractivity contribution in [1.29, 1.82) is 0 Å². The highest BCUT2D eigenvalue weighted by atomic mass is 32.1. The molecule has 5 nitrogen and oxygen atoms in total. The number of rotatable bonds is 3. The summed E-state index contributed by atoms with van der Waals surface area (Å²) >= 11 is 1.59. The number of piperazine rings is 1. The van der Waals surface area contributed by atoms with Crippen molar-refractivity contribution >= 4 is 33.5 Å². The number of aliphatic imine (C=N–C) groups is 1. The van der Waals surface area contributed by atoms with Gasteiger partial charge in [-0.1, -0.05) is 0 Å². The maximum absolute atomic E-state index is 13.8. The van der Waals surface area contributed by atoms with Crippen LogP contribution in [0.4, 0.5) is 25.2 Å². The topological polar surface area (TPSA) is 48.9 Å². The lowest BCUT2D eigenvalue weighted by molar-refractivity contribution is 0.168. The lowest BCUT2D eigenvalue weighted by Crippen LogP contribution is -2.53. The Morgan fingerprint density at radius 3 is 2.93 bits per heavy atom. The standard InChI is InChI=1S/C19H22F2N4OS/c1-11-7-13-18(25-5-4-22-12(10-25)3-6-26-2)23-16-8-14(20)15(21)9-17(16)24-19(13)27-11/h7-9,12,22,24H,3-6,10H2,1-2H3. The Hall–Kier alpha value is -2.03. The average Bonchev–Trinajstić information content (AvgIpc) is 2.95. The highest BCUT2D eigenvalue weighted by molar-refractivity contribution is 7.16. The zero-order valence-electron chi connectivity index (χ0n) is 15.3. The highest BCUT2D eigenvalue weighted by Crippen LogP contribution is 2.40. The third-order valence-electron chi connectivity index (χ3n) is 4.83. The van der Waals surface area contributed by atoms with Crippen LogP contribution in [0.2, 0.25) is 0 Å². The second-order valence-corrected chi connectivity index (χ2v) is 8.08. The van der Waals surface area contributed by atoms with E-state index < -0.39 is 11.6 Å². The van der Waals surface area contributed by atoms with E-state index in [1.165, 1.54) is 6.07 Å². The zero-order chi connectivity index (χ0) is 19.0. The zero-order valence-corrected chi connectivity index (χ0v) is 16.1. The number of nitrogens with one attached hydrogen (secondary N) is 2. The molecule has 0 aliphatic carbocycles. The molecule has 4 rings (SSSR count). The summed E-state index contributed by atoms with van der Waals surface area (Å²) in [6.07, 6.45) is 0.907. The number of aryl methyl sites for hydroxylation is 1. The minimum atomic E-state index is -0.890. The van der Waals surface area contributed by atoms with Crippen molar-refractivity contribution in [3.63, 3.8) is 0 Å². The fourth-order valence-electron chi connectivity index (χ4n) is 3.51. The molecule has 8 heteroatoms. The summed E-state index contributed by atoms with van der Waals surface area (Å²) in [4.78, 5) is 8.11. The summed E-state index contributed by atoms with van der Waals surface area (Å²) in [5, 5.41) is 7.65. The van der Waals surface area contributed by atoms with E-state index in [9.17, 15) is 8.78 Å². The molecule has 1 saturated heterocycles. The van der Waals surface area contributed by atoms with Crippen LogP contribution in [-0.2, 0) is 4.74 Å². The predicted molar refractivity (Wildman–Crippen MR) is 105 cm³/mol. The van der Waals surface area contributed by atoms with Gasteiger partial charge in [-0.15, -0.1) is 11.3 Å². The van der Waals surface area contributed by atoms with Crippen LogP contribution in [0.25, 0.3) is 0 Å². The van der Waals surface area contributed by atoms with Gasteiger partial charge in [-0.05, 0) is 19.4 Å². The number of ether oxygens (including phenoxy) is 1. The van der Waals surface area contributed by atoms with Gasteiger partial charge in [-0.3, -0.25) is 0 Å². The molecule has 0 saturated carbocycles. The smallest absolute Gasteiger partial charge is 0.161 e. The summed E-state index contributed by atoms with van der Waals surface area (Å²) in [6.45, 7) is 5.15. The lowest BCUT2D eigenvalue weighted by atomic mass is 10.1. The number of hydrogen-bond donors (Lipinski definition) is 2. The SMILES string of the molecule is COCCC1CN(C2=Nc3cc(F)c(F)cc3Nc3sc(C)cc32)CCN1. The molecule has 1 fully saturated rings. The Kier molecular flexibility index (Phi) is 5.12. The maximum atomic E-state index is 13.8. The number of halogens is 2. The number of methoxy groups -OCH3 is 1. The van der Waals surface area contributed by atoms with Crippen LogP contribution < -0.4 is 10.6 Å². The molecule has 2 aliphatic heterocycles. The minimum absolute atomic E-state index is 0.296. The summed E-state index contributed by atoms with van der Waals surface area (Å²) in [6, 6.07) is 4.71. The molecule has 2 N–H and O–H groups in total. The Labute approximate surface area is 161 Å². The van der Waals surface area contributed by atoms with Crippen molar-refractivity contribution in [3.8, 4) is 0 Å². The van der Waals surface area contributed by atoms with E-state index in [-0.39, 0.29) is 0 Å². The second kappa shape index (κ2) is 7.53. The number of nitrogens with zero attached hydrogens (tertiary/aromatic N) is 2. The molecule has 2 aliphatic rings. The summed E-state index contributed by atoms with van der Waals surface area (Å²) in [5.41, 5.74) is 1.87. The van der Waals surface area contributed by atoms with E-state index in [0.29, 0.717) is 24.0 Å². The van der Waals surface area contributed by atoms with Crippen LogP contribution in [0, 0.1) is 18.6 Å². The number of thiophene rings is 1. The van der Waals surface area contributed by atoms with Gasteiger partial charge in [-0.2, -0.15) is 0 Å². The Morgan fingerprint density at radius 1 is 1.30 bits per heavy atom. The van der Waals surface area contributed by atoms with Crippen LogP contribution in [0.5, 0.6) is 0 Å². The van der Waals surface area contributed by atoms with Gasteiger partial charge >= 0.3 is 0 Å². The van der Waals surface area contributed by atoms with Gasteiger partial charge in [0.1, 0.15) is 10.8 Å². The fourth-order valence-corrected chi connectivity index (χ4v) is 4.43. The normalized spacial score (nSPS) is 19.0. The first-order chi connectivity index (χ1) is 13.0. The monoisotopic (exact) mass is 392 g/mol. The van der Waals surface area contributed by atoms with Crippen molar-refractivity contribution in [3.05, 3.63) is 40.3 Å². The van der Waals surface area contributed by atoms with Crippen molar-refractivity contribution in [2.45, 2.75) is 19.4 Å². The van der Waals surface area contributed by atoms with Crippen molar-refractivity contribution in [2.24, 2.45) is 4.99 Å². The van der Waals surface area contributed by atoms with Crippen molar-refractivity contribution in [2.75, 3.05) is 38.7 Å². The Balaban J connectivity index is 1.74. The molecule has 3 heterocycles. The average molecular weight is 392 g/mol. The number of hydrogen-bond acceptors (Lipinski definition) is 6. The molecule has 1 unspecified atom stereocenters. The van der Waals surface area contributed by atoms with Crippen LogP contribution in [0.15, 0.2) is 23.2 Å². The van der Waals surface area contributed by atoms with Gasteiger partial charge in [-0.25, -0.2) is 13.8 Å². The first-order valence-electron chi connectivity index (χ1n) is 8.98. The van der Waals surface area contributed by atoms with Crippen molar-refractivity contribution < 1.29 is 13.5 Å². The first kappa shape index (κ1) is 18.3. The molecule has 0 amide bonds. The number of benzene rings is 1. The highest BCUT2D eigenvalue weighted by Gasteiger charge is 2.28. The van der Waals surface area contributed by atoms with E-state index in [0.717, 1.165) is 53.4 Å². The number of anilines is 2. The Morgan fingerprint density at radius 2 is 2.11 bits per heavy atom. The molecule has 27 heavy (non-hydrogen) atoms. The molecule has 1 aromatic carbocycles. The molecule has 144 valence electrons. The molecular weight excluding hydrogens is 370 g/mol. The summed E-state index contributed by atoms with van der Waals surface area (Å²) in [7, 11) is 1.70. The fraction of sp³-hybridized carbons (Fsp3) is 0.421. The van der Waals surface area contributed by atoms with E-state index in [4.69, 9.17) is 9.73 Å². The third-order valence-corrected chi connectivity index (χ3v) is 5.80. The summed E-state index contributed by atoms with van der Waals surface area (Å²) in [5.74, 6) is -0.967. The van der Waals surface area contributed by atoms with Crippen LogP contribution in [0.3, 0.4) is 0 Å². The minimum Gasteiger partial charge on any atom is -0.385 e. The quantitative estimate of drug-likeness (QED) is 0.835. The molecular formula is C19H22F2N4OS. The van der Waals surface area contributed by atoms with Gasteiger partial charge in [0.05, 0.1) is 16.9 Å². The van der Waals surface area contributed by atoms with Gasteiger partial charge < -0.3 is 20.3 Å². The van der Waals surface area contributed by atoms with E-state index in [1.807, 2.05) is 6.92 Å². The molecule has 0 radical (unpaired) electrons. The Bertz CT molecular complexity index is 883. The molecule has 2 aromatic rings. The van der Waals surface area contributed by atoms with Crippen LogP contribution in [0.1, 0.15) is 16.9 Å². The van der Waals surface area contributed by atoms with Gasteiger partial charge in [0.25, 0.3) is 0 Å². The molecule has 0 spiro atoms. The predicted octanol–water partition coefficient (Wildman–Crippen LogP) is 3.78. The molecule has 0 bridgehead atoms. The maximum Gasteiger partial charge on any atom is 0.161 e. The molecule has 1 atom stereocenters. The number of fused-ring (bicyclic) bond motifs is 2. The number of amidine groups is 1. The van der Waals surface area contributed by atoms with Gasteiger partial charge in [0, 0.05) is 56.4 Å². The van der Waals surface area contributed by atoms with Crippen molar-refractivity contribution in [1.82, 2.24) is 10.2 Å². The lowest BCUT2D eigenvalue weighted by Gasteiger charge is -2.35. The van der Waals surface area contributed by atoms with Gasteiger partial charge in [0.2, 0.25) is 0 Å². The van der Waals surface area contributed by atoms with Crippen LogP contribution >= 0.6 is 11.3 Å². The first-order valence-corrected chi connectivity index (χ1v) is 9.79. The largest absolute Gasteiger partial charge is 0.385 e. The van der Waals surface area contributed by atoms with E-state index in [2.05, 4.69) is 21.6 Å². The third kappa shape index (κ3) is 3.69.